The second kappa shape index (κ2) is 11.2. The Morgan fingerprint density at radius 3 is 2.28 bits per heavy atom. The molecule has 4 rings (SSSR count). The standard InChI is InChI=1S/C26H29N3O7/c1-34-19-6-4-18(5-7-19)24(31)22-23(17-2-8-20(9-3-17)36-16-21(27)30)29(26(33)25(22)32)11-10-28-12-14-35-15-13-28/h2-9,23,31H,10-16H2,1H3,(H2,27,30)/b24-22+. The fraction of sp³-hybridized carbons (Fsp3) is 0.346. The largest absolute Gasteiger partial charge is 0.507 e. The predicted octanol–water partition coefficient (Wildman–Crippen LogP) is 1.31. The normalized spacial score (nSPS) is 19.9. The van der Waals surface area contributed by atoms with Gasteiger partial charge in [0.2, 0.25) is 0 Å². The van der Waals surface area contributed by atoms with Crippen LogP contribution in [0, 0.1) is 0 Å². The molecule has 0 saturated carbocycles. The van der Waals surface area contributed by atoms with Gasteiger partial charge in [0, 0.05) is 31.7 Å². The van der Waals surface area contributed by atoms with Gasteiger partial charge in [-0.15, -0.1) is 0 Å². The van der Waals surface area contributed by atoms with Crippen molar-refractivity contribution in [3.05, 3.63) is 65.2 Å². The summed E-state index contributed by atoms with van der Waals surface area (Å²) >= 11 is 0. The molecule has 36 heavy (non-hydrogen) atoms. The number of likely N-dealkylation sites (tertiary alicyclic amines) is 1. The lowest BCUT2D eigenvalue weighted by Crippen LogP contribution is -2.42. The number of nitrogens with zero attached hydrogens (tertiary/aromatic N) is 2. The van der Waals surface area contributed by atoms with Gasteiger partial charge < -0.3 is 30.0 Å². The van der Waals surface area contributed by atoms with Crippen molar-refractivity contribution in [2.45, 2.75) is 6.04 Å². The van der Waals surface area contributed by atoms with Crippen molar-refractivity contribution in [3.8, 4) is 11.5 Å². The van der Waals surface area contributed by atoms with E-state index >= 15 is 0 Å². The highest BCUT2D eigenvalue weighted by atomic mass is 16.5. The average molecular weight is 496 g/mol. The molecular weight excluding hydrogens is 466 g/mol. The van der Waals surface area contributed by atoms with E-state index in [-0.39, 0.29) is 17.9 Å². The monoisotopic (exact) mass is 495 g/mol. The number of carbonyl (C=O) groups is 3. The maximum atomic E-state index is 13.2. The summed E-state index contributed by atoms with van der Waals surface area (Å²) in [6, 6.07) is 12.5. The first-order valence-corrected chi connectivity index (χ1v) is 11.6. The smallest absolute Gasteiger partial charge is 0.295 e. The Morgan fingerprint density at radius 2 is 1.67 bits per heavy atom. The Balaban J connectivity index is 1.69. The molecule has 2 amide bonds. The van der Waals surface area contributed by atoms with Gasteiger partial charge in [0.05, 0.1) is 31.9 Å². The molecule has 0 aromatic heterocycles. The number of rotatable bonds is 9. The number of morpholine rings is 1. The second-order valence-electron chi connectivity index (χ2n) is 8.50. The van der Waals surface area contributed by atoms with Crippen molar-refractivity contribution in [2.24, 2.45) is 5.73 Å². The van der Waals surface area contributed by atoms with E-state index in [9.17, 15) is 19.5 Å². The van der Waals surface area contributed by atoms with Crippen molar-refractivity contribution < 1.29 is 33.7 Å². The fourth-order valence-electron chi connectivity index (χ4n) is 4.34. The number of methoxy groups -OCH3 is 1. The number of primary amides is 1. The van der Waals surface area contributed by atoms with Gasteiger partial charge in [-0.2, -0.15) is 0 Å². The molecule has 10 heteroatoms. The van der Waals surface area contributed by atoms with Crippen molar-refractivity contribution in [2.75, 3.05) is 53.1 Å². The van der Waals surface area contributed by atoms with Gasteiger partial charge >= 0.3 is 0 Å². The Morgan fingerprint density at radius 1 is 1.03 bits per heavy atom. The van der Waals surface area contributed by atoms with E-state index in [1.807, 2.05) is 0 Å². The van der Waals surface area contributed by atoms with E-state index in [0.29, 0.717) is 48.9 Å². The molecule has 1 atom stereocenters. The third-order valence-corrected chi connectivity index (χ3v) is 6.24. The number of carbonyl (C=O) groups excluding carboxylic acids is 3. The maximum absolute atomic E-state index is 13.2. The van der Waals surface area contributed by atoms with Crippen LogP contribution in [0.2, 0.25) is 0 Å². The highest BCUT2D eigenvalue weighted by molar-refractivity contribution is 6.46. The van der Waals surface area contributed by atoms with Gasteiger partial charge in [0.1, 0.15) is 17.3 Å². The SMILES string of the molecule is COc1ccc(/C(O)=C2\C(=O)C(=O)N(CCN3CCOCC3)C2c2ccc(OCC(N)=O)cc2)cc1. The summed E-state index contributed by atoms with van der Waals surface area (Å²) in [5, 5.41) is 11.2. The van der Waals surface area contributed by atoms with E-state index in [1.165, 1.54) is 12.0 Å². The van der Waals surface area contributed by atoms with Crippen LogP contribution in [0.25, 0.3) is 5.76 Å². The summed E-state index contributed by atoms with van der Waals surface area (Å²) < 4.78 is 15.9. The Bertz CT molecular complexity index is 1140. The van der Waals surface area contributed by atoms with Crippen LogP contribution in [0.4, 0.5) is 0 Å². The van der Waals surface area contributed by atoms with Gasteiger partial charge in [-0.05, 0) is 42.0 Å². The number of hydrogen-bond donors (Lipinski definition) is 2. The summed E-state index contributed by atoms with van der Waals surface area (Å²) in [5.74, 6) is -1.26. The molecule has 190 valence electrons. The number of aliphatic hydroxyl groups is 1. The summed E-state index contributed by atoms with van der Waals surface area (Å²) in [4.78, 5) is 41.0. The average Bonchev–Trinajstić information content (AvgIpc) is 3.16. The van der Waals surface area contributed by atoms with E-state index in [2.05, 4.69) is 4.90 Å². The zero-order valence-electron chi connectivity index (χ0n) is 20.0. The molecule has 2 saturated heterocycles. The van der Waals surface area contributed by atoms with Crippen LogP contribution in [-0.4, -0.2) is 85.6 Å². The quantitative estimate of drug-likeness (QED) is 0.302. The molecule has 2 fully saturated rings. The number of hydrogen-bond acceptors (Lipinski definition) is 8. The number of ketones is 1. The minimum atomic E-state index is -0.793. The lowest BCUT2D eigenvalue weighted by atomic mass is 9.95. The van der Waals surface area contributed by atoms with Crippen LogP contribution in [0.5, 0.6) is 11.5 Å². The number of nitrogens with two attached hydrogens (primary N) is 1. The summed E-state index contributed by atoms with van der Waals surface area (Å²) in [5.41, 5.74) is 6.17. The first-order valence-electron chi connectivity index (χ1n) is 11.6. The van der Waals surface area contributed by atoms with Crippen LogP contribution in [-0.2, 0) is 19.1 Å². The number of aliphatic hydroxyl groups excluding tert-OH is 1. The van der Waals surface area contributed by atoms with E-state index in [0.717, 1.165) is 13.1 Å². The zero-order valence-corrected chi connectivity index (χ0v) is 20.0. The molecule has 0 spiro atoms. The van der Waals surface area contributed by atoms with E-state index in [4.69, 9.17) is 19.9 Å². The molecule has 3 N–H and O–H groups in total. The second-order valence-corrected chi connectivity index (χ2v) is 8.50. The van der Waals surface area contributed by atoms with Gasteiger partial charge in [0.25, 0.3) is 17.6 Å². The maximum Gasteiger partial charge on any atom is 0.295 e. The molecule has 2 aliphatic rings. The van der Waals surface area contributed by atoms with Crippen LogP contribution in [0.1, 0.15) is 17.2 Å². The number of benzene rings is 2. The molecule has 2 aliphatic heterocycles. The number of amides is 2. The predicted molar refractivity (Wildman–Crippen MR) is 130 cm³/mol. The van der Waals surface area contributed by atoms with Crippen molar-refractivity contribution >= 4 is 23.4 Å². The Kier molecular flexibility index (Phi) is 7.87. The molecule has 2 aromatic rings. The van der Waals surface area contributed by atoms with E-state index < -0.39 is 23.6 Å². The van der Waals surface area contributed by atoms with Gasteiger partial charge in [-0.3, -0.25) is 19.3 Å². The van der Waals surface area contributed by atoms with Crippen LogP contribution in [0.15, 0.2) is 54.1 Å². The Hall–Kier alpha value is -3.89. The number of ether oxygens (including phenoxy) is 3. The topological polar surface area (TPSA) is 132 Å². The van der Waals surface area contributed by atoms with Crippen molar-refractivity contribution in [1.82, 2.24) is 9.80 Å². The Labute approximate surface area is 208 Å². The minimum Gasteiger partial charge on any atom is -0.507 e. The highest BCUT2D eigenvalue weighted by Gasteiger charge is 2.46. The molecule has 2 heterocycles. The third kappa shape index (κ3) is 5.50. The van der Waals surface area contributed by atoms with Gasteiger partial charge in [-0.25, -0.2) is 0 Å². The molecule has 0 aliphatic carbocycles. The summed E-state index contributed by atoms with van der Waals surface area (Å²) in [7, 11) is 1.53. The molecule has 2 aromatic carbocycles. The van der Waals surface area contributed by atoms with Crippen LogP contribution >= 0.6 is 0 Å². The van der Waals surface area contributed by atoms with Crippen molar-refractivity contribution in [1.29, 1.82) is 0 Å². The molecule has 1 unspecified atom stereocenters. The first-order chi connectivity index (χ1) is 17.4. The highest BCUT2D eigenvalue weighted by Crippen LogP contribution is 2.40. The van der Waals surface area contributed by atoms with Crippen LogP contribution in [0.3, 0.4) is 0 Å². The molecule has 0 bridgehead atoms. The molecule has 10 nitrogen and oxygen atoms in total. The number of Topliss-reactive ketones (excluding diaryl/α,β-unsaturated/α-hetero) is 1. The third-order valence-electron chi connectivity index (χ3n) is 6.24. The lowest BCUT2D eigenvalue weighted by Gasteiger charge is -2.31. The summed E-state index contributed by atoms with van der Waals surface area (Å²) in [6.07, 6.45) is 0. The lowest BCUT2D eigenvalue weighted by molar-refractivity contribution is -0.140. The first kappa shape index (κ1) is 25.2. The molecular formula is C26H29N3O7. The van der Waals surface area contributed by atoms with Crippen LogP contribution < -0.4 is 15.2 Å². The van der Waals surface area contributed by atoms with Crippen molar-refractivity contribution in [3.63, 3.8) is 0 Å². The van der Waals surface area contributed by atoms with E-state index in [1.54, 1.807) is 48.5 Å². The fourth-order valence-corrected chi connectivity index (χ4v) is 4.34. The summed E-state index contributed by atoms with van der Waals surface area (Å²) in [6.45, 7) is 3.32. The van der Waals surface area contributed by atoms with Gasteiger partial charge in [-0.1, -0.05) is 12.1 Å². The zero-order chi connectivity index (χ0) is 25.7. The minimum absolute atomic E-state index is 0.0120. The molecule has 0 radical (unpaired) electrons. The van der Waals surface area contributed by atoms with Gasteiger partial charge in [0.15, 0.2) is 6.61 Å².